The van der Waals surface area contributed by atoms with Gasteiger partial charge in [0.15, 0.2) is 6.10 Å². The van der Waals surface area contributed by atoms with Gasteiger partial charge in [-0.3, -0.25) is 0 Å². The number of ether oxygens (including phenoxy) is 1. The van der Waals surface area contributed by atoms with Crippen LogP contribution in [-0.2, 0) is 4.74 Å². The number of nitrogens with zero attached hydrogens (tertiary/aromatic N) is 1. The van der Waals surface area contributed by atoms with E-state index in [4.69, 9.17) is 10.00 Å². The minimum Gasteiger partial charge on any atom is -0.350 e. The van der Waals surface area contributed by atoms with E-state index in [0.29, 0.717) is 5.92 Å². The molecule has 0 amide bonds. The van der Waals surface area contributed by atoms with E-state index in [2.05, 4.69) is 13.0 Å². The lowest BCUT2D eigenvalue weighted by Crippen LogP contribution is -2.25. The van der Waals surface area contributed by atoms with Gasteiger partial charge in [-0.15, -0.1) is 0 Å². The van der Waals surface area contributed by atoms with Crippen LogP contribution in [0.4, 0.5) is 0 Å². The van der Waals surface area contributed by atoms with Crippen molar-refractivity contribution in [2.75, 3.05) is 0 Å². The summed E-state index contributed by atoms with van der Waals surface area (Å²) in [7, 11) is 0. The molecule has 1 aliphatic heterocycles. The molecule has 66 valence electrons. The minimum absolute atomic E-state index is 0.0742. The van der Waals surface area contributed by atoms with Crippen molar-refractivity contribution in [1.29, 1.82) is 5.26 Å². The molecule has 12 heavy (non-hydrogen) atoms. The Labute approximate surface area is 73.5 Å². The summed E-state index contributed by atoms with van der Waals surface area (Å²) in [6.45, 7) is 2.09. The molecular weight excluding hydrogens is 150 g/mol. The molecule has 2 aliphatic rings. The molecule has 2 heteroatoms. The lowest BCUT2D eigenvalue weighted by molar-refractivity contribution is 0.189. The molecule has 1 saturated heterocycles. The highest BCUT2D eigenvalue weighted by Crippen LogP contribution is 2.47. The maximum Gasteiger partial charge on any atom is 0.173 e. The molecular formula is C10H15NO. The zero-order chi connectivity index (χ0) is 8.60. The molecule has 1 saturated carbocycles. The van der Waals surface area contributed by atoms with E-state index in [-0.39, 0.29) is 11.7 Å². The van der Waals surface area contributed by atoms with Crippen molar-refractivity contribution >= 4 is 0 Å². The molecule has 2 rings (SSSR count). The van der Waals surface area contributed by atoms with Gasteiger partial charge in [-0.25, -0.2) is 0 Å². The quantitative estimate of drug-likeness (QED) is 0.559. The first-order valence-electron chi connectivity index (χ1n) is 4.85. The van der Waals surface area contributed by atoms with Gasteiger partial charge in [0.05, 0.1) is 6.07 Å². The fourth-order valence-electron chi connectivity index (χ4n) is 2.36. The van der Waals surface area contributed by atoms with Crippen LogP contribution in [0, 0.1) is 17.2 Å². The first-order chi connectivity index (χ1) is 5.77. The lowest BCUT2D eigenvalue weighted by atomic mass is 9.79. The molecule has 1 heterocycles. The standard InChI is InChI=1S/C10H15NO/c1-10(9(7-11)12-10)8-5-3-2-4-6-8/h8-9H,2-6H2,1H3. The zero-order valence-electron chi connectivity index (χ0n) is 7.55. The fraction of sp³-hybridized carbons (Fsp3) is 0.900. The van der Waals surface area contributed by atoms with Gasteiger partial charge in [0, 0.05) is 0 Å². The first kappa shape index (κ1) is 8.07. The number of nitriles is 1. The summed E-state index contributed by atoms with van der Waals surface area (Å²) in [5.41, 5.74) is -0.0742. The van der Waals surface area contributed by atoms with Crippen LogP contribution < -0.4 is 0 Å². The third kappa shape index (κ3) is 1.13. The molecule has 2 fully saturated rings. The highest BCUT2D eigenvalue weighted by Gasteiger charge is 2.57. The SMILES string of the molecule is CC1(C2CCCCC2)OC1C#N. The van der Waals surface area contributed by atoms with Gasteiger partial charge in [-0.05, 0) is 25.7 Å². The fourth-order valence-corrected chi connectivity index (χ4v) is 2.36. The molecule has 0 N–H and O–H groups in total. The Hall–Kier alpha value is -0.550. The van der Waals surface area contributed by atoms with Crippen LogP contribution in [0.5, 0.6) is 0 Å². The molecule has 2 unspecified atom stereocenters. The summed E-state index contributed by atoms with van der Waals surface area (Å²) in [5, 5.41) is 8.70. The van der Waals surface area contributed by atoms with Gasteiger partial charge in [-0.2, -0.15) is 5.26 Å². The second kappa shape index (κ2) is 2.74. The van der Waals surface area contributed by atoms with Gasteiger partial charge >= 0.3 is 0 Å². The van der Waals surface area contributed by atoms with E-state index in [1.165, 1.54) is 32.1 Å². The molecule has 0 spiro atoms. The second-order valence-corrected chi connectivity index (χ2v) is 4.15. The summed E-state index contributed by atoms with van der Waals surface area (Å²) in [4.78, 5) is 0. The Bertz CT molecular complexity index is 214. The first-order valence-corrected chi connectivity index (χ1v) is 4.85. The third-order valence-corrected chi connectivity index (χ3v) is 3.37. The van der Waals surface area contributed by atoms with Crippen molar-refractivity contribution in [2.45, 2.75) is 50.7 Å². The van der Waals surface area contributed by atoms with Crippen LogP contribution in [0.3, 0.4) is 0 Å². The van der Waals surface area contributed by atoms with Gasteiger partial charge in [0.1, 0.15) is 5.60 Å². The van der Waals surface area contributed by atoms with E-state index in [9.17, 15) is 0 Å². The van der Waals surface area contributed by atoms with Crippen LogP contribution in [0.1, 0.15) is 39.0 Å². The van der Waals surface area contributed by atoms with Crippen molar-refractivity contribution in [1.82, 2.24) is 0 Å². The van der Waals surface area contributed by atoms with Gasteiger partial charge in [0.2, 0.25) is 0 Å². The van der Waals surface area contributed by atoms with E-state index in [1.807, 2.05) is 0 Å². The summed E-state index contributed by atoms with van der Waals surface area (Å²) in [6, 6.07) is 2.20. The Morgan fingerprint density at radius 3 is 2.50 bits per heavy atom. The smallest absolute Gasteiger partial charge is 0.173 e. The maximum absolute atomic E-state index is 8.70. The summed E-state index contributed by atoms with van der Waals surface area (Å²) >= 11 is 0. The Morgan fingerprint density at radius 1 is 1.33 bits per heavy atom. The van der Waals surface area contributed by atoms with E-state index in [1.54, 1.807) is 0 Å². The van der Waals surface area contributed by atoms with Crippen molar-refractivity contribution in [3.8, 4) is 6.07 Å². The molecule has 1 aliphatic carbocycles. The second-order valence-electron chi connectivity index (χ2n) is 4.15. The van der Waals surface area contributed by atoms with Crippen LogP contribution in [0.25, 0.3) is 0 Å². The predicted octanol–water partition coefficient (Wildman–Crippen LogP) is 2.25. The Kier molecular flexibility index (Phi) is 1.84. The van der Waals surface area contributed by atoms with Crippen molar-refractivity contribution in [3.05, 3.63) is 0 Å². The Balaban J connectivity index is 1.96. The predicted molar refractivity (Wildman–Crippen MR) is 45.5 cm³/mol. The van der Waals surface area contributed by atoms with Crippen LogP contribution in [0.15, 0.2) is 0 Å². The Morgan fingerprint density at radius 2 is 2.00 bits per heavy atom. The normalized spacial score (nSPS) is 42.2. The highest BCUT2D eigenvalue weighted by molar-refractivity contribution is 5.14. The van der Waals surface area contributed by atoms with Gasteiger partial charge in [0.25, 0.3) is 0 Å². The van der Waals surface area contributed by atoms with Crippen LogP contribution >= 0.6 is 0 Å². The van der Waals surface area contributed by atoms with Crippen LogP contribution in [0.2, 0.25) is 0 Å². The topological polar surface area (TPSA) is 36.3 Å². The average Bonchev–Trinajstić information content (AvgIpc) is 2.81. The zero-order valence-corrected chi connectivity index (χ0v) is 7.55. The lowest BCUT2D eigenvalue weighted by Gasteiger charge is -2.24. The summed E-state index contributed by atoms with van der Waals surface area (Å²) in [6.07, 6.45) is 6.41. The summed E-state index contributed by atoms with van der Waals surface area (Å²) in [5.74, 6) is 0.649. The van der Waals surface area contributed by atoms with Crippen molar-refractivity contribution < 1.29 is 4.74 Å². The minimum atomic E-state index is -0.111. The summed E-state index contributed by atoms with van der Waals surface area (Å²) < 4.78 is 5.43. The average molecular weight is 165 g/mol. The number of epoxide rings is 1. The van der Waals surface area contributed by atoms with Gasteiger partial charge in [-0.1, -0.05) is 19.3 Å². The largest absolute Gasteiger partial charge is 0.350 e. The molecule has 2 atom stereocenters. The van der Waals surface area contributed by atoms with E-state index in [0.717, 1.165) is 0 Å². The third-order valence-electron chi connectivity index (χ3n) is 3.37. The van der Waals surface area contributed by atoms with Crippen molar-refractivity contribution in [2.24, 2.45) is 5.92 Å². The van der Waals surface area contributed by atoms with Crippen LogP contribution in [-0.4, -0.2) is 11.7 Å². The van der Waals surface area contributed by atoms with Gasteiger partial charge < -0.3 is 4.74 Å². The molecule has 0 aromatic heterocycles. The monoisotopic (exact) mass is 165 g/mol. The molecule has 0 aromatic rings. The van der Waals surface area contributed by atoms with Crippen molar-refractivity contribution in [3.63, 3.8) is 0 Å². The molecule has 0 radical (unpaired) electrons. The van der Waals surface area contributed by atoms with E-state index < -0.39 is 0 Å². The maximum atomic E-state index is 8.70. The molecule has 0 aromatic carbocycles. The molecule has 2 nitrogen and oxygen atoms in total. The van der Waals surface area contributed by atoms with E-state index >= 15 is 0 Å². The molecule has 0 bridgehead atoms. The highest BCUT2D eigenvalue weighted by atomic mass is 16.6. The number of hydrogen-bond acceptors (Lipinski definition) is 2. The number of rotatable bonds is 1. The number of hydrogen-bond donors (Lipinski definition) is 0.